The number of aliphatic imine (C=N–C) groups is 1. The van der Waals surface area contributed by atoms with Crippen LogP contribution in [0.3, 0.4) is 0 Å². The topological polar surface area (TPSA) is 49.8 Å². The molecule has 0 aliphatic carbocycles. The highest BCUT2D eigenvalue weighted by atomic mass is 16.3. The van der Waals surface area contributed by atoms with Crippen LogP contribution in [0.1, 0.15) is 24.1 Å². The maximum atomic E-state index is 7.12. The molecular formula is C41H35N5O. The van der Waals surface area contributed by atoms with Gasteiger partial charge < -0.3 is 14.2 Å². The molecule has 1 spiro atoms. The summed E-state index contributed by atoms with van der Waals surface area (Å²) < 4.78 is 9.39. The standard InChI is InChI=1S/C41H35N5O/c1-4-13-27(5-2)45-26-41(23-9-10-24-42-41)38-35(45)22-20-29-28-19-21-34-37(39(28)47-40(29)38)30-14-6-7-16-32(30)46(34)36-18-12-15-31(43-36)33-17-8-11-25-44(33)3/h4-12,14-22,24,27H,1-2,13,23,25-26H2,3H3. The van der Waals surface area contributed by atoms with Crippen LogP contribution in [0.2, 0.25) is 0 Å². The van der Waals surface area contributed by atoms with Gasteiger partial charge in [-0.05, 0) is 67.5 Å². The molecule has 230 valence electrons. The van der Waals surface area contributed by atoms with E-state index < -0.39 is 5.54 Å². The number of hydrogen-bond donors (Lipinski definition) is 0. The maximum absolute atomic E-state index is 7.12. The molecule has 0 amide bonds. The van der Waals surface area contributed by atoms with Crippen LogP contribution in [0.25, 0.3) is 55.3 Å². The summed E-state index contributed by atoms with van der Waals surface area (Å²) in [6, 6.07) is 23.9. The number of hydrogen-bond acceptors (Lipinski definition) is 5. The van der Waals surface area contributed by atoms with Crippen LogP contribution in [-0.2, 0) is 5.54 Å². The Kier molecular flexibility index (Phi) is 6.16. The zero-order chi connectivity index (χ0) is 31.7. The Morgan fingerprint density at radius 3 is 2.62 bits per heavy atom. The minimum absolute atomic E-state index is 0.127. The van der Waals surface area contributed by atoms with E-state index in [2.05, 4.69) is 126 Å². The molecule has 6 heteroatoms. The van der Waals surface area contributed by atoms with Crippen LogP contribution in [-0.4, -0.2) is 46.8 Å². The van der Waals surface area contributed by atoms with E-state index in [4.69, 9.17) is 14.4 Å². The summed E-state index contributed by atoms with van der Waals surface area (Å²) in [6.07, 6.45) is 18.2. The van der Waals surface area contributed by atoms with Crippen molar-refractivity contribution in [3.05, 3.63) is 134 Å². The van der Waals surface area contributed by atoms with E-state index in [0.717, 1.165) is 98.1 Å². The van der Waals surface area contributed by atoms with Crippen molar-refractivity contribution >= 4 is 61.3 Å². The monoisotopic (exact) mass is 613 g/mol. The van der Waals surface area contributed by atoms with Crippen LogP contribution >= 0.6 is 0 Å². The van der Waals surface area contributed by atoms with Crippen LogP contribution in [0.15, 0.2) is 132 Å². The fraction of sp³-hybridized carbons (Fsp3) is 0.171. The van der Waals surface area contributed by atoms with Crippen molar-refractivity contribution in [3.8, 4) is 5.82 Å². The van der Waals surface area contributed by atoms with E-state index >= 15 is 0 Å². The third-order valence-electron chi connectivity index (χ3n) is 10.1. The summed E-state index contributed by atoms with van der Waals surface area (Å²) in [5.74, 6) is 0.879. The van der Waals surface area contributed by atoms with E-state index in [0.29, 0.717) is 0 Å². The zero-order valence-electron chi connectivity index (χ0n) is 26.4. The largest absolute Gasteiger partial charge is 0.455 e. The van der Waals surface area contributed by atoms with E-state index in [-0.39, 0.29) is 6.04 Å². The summed E-state index contributed by atoms with van der Waals surface area (Å²) in [5.41, 5.74) is 7.93. The molecule has 2 unspecified atom stereocenters. The van der Waals surface area contributed by atoms with Gasteiger partial charge in [-0.2, -0.15) is 0 Å². The van der Waals surface area contributed by atoms with Crippen molar-refractivity contribution in [1.29, 1.82) is 0 Å². The molecule has 3 aromatic carbocycles. The quantitative estimate of drug-likeness (QED) is 0.176. The van der Waals surface area contributed by atoms with E-state index in [1.165, 1.54) is 0 Å². The van der Waals surface area contributed by atoms with Gasteiger partial charge in [0, 0.05) is 53.8 Å². The Balaban J connectivity index is 1.31. The van der Waals surface area contributed by atoms with Crippen LogP contribution in [0, 0.1) is 0 Å². The molecule has 0 radical (unpaired) electrons. The molecule has 3 aliphatic heterocycles. The van der Waals surface area contributed by atoms with Gasteiger partial charge in [0.15, 0.2) is 0 Å². The highest BCUT2D eigenvalue weighted by Gasteiger charge is 2.46. The lowest BCUT2D eigenvalue weighted by atomic mass is 9.86. The first-order valence-corrected chi connectivity index (χ1v) is 16.3. The summed E-state index contributed by atoms with van der Waals surface area (Å²) >= 11 is 0. The number of pyridine rings is 1. The van der Waals surface area contributed by atoms with Crippen LogP contribution in [0.5, 0.6) is 0 Å². The number of furan rings is 1. The molecule has 6 heterocycles. The SMILES string of the molecule is C=CCC(C=C)N1CC2(CC=CC=N2)c2c1ccc1c2oc2c1ccc1c2c2ccccc2n1-c1cccc(C2=CC=CCN2C)n1. The molecule has 0 fully saturated rings. The summed E-state index contributed by atoms with van der Waals surface area (Å²) in [6.45, 7) is 9.82. The summed E-state index contributed by atoms with van der Waals surface area (Å²) in [4.78, 5) is 15.0. The Hall–Kier alpha value is -5.62. The minimum atomic E-state index is -0.423. The Labute approximate surface area is 273 Å². The molecule has 3 aromatic heterocycles. The highest BCUT2D eigenvalue weighted by Crippen LogP contribution is 2.52. The molecule has 0 N–H and O–H groups in total. The van der Waals surface area contributed by atoms with E-state index in [1.54, 1.807) is 0 Å². The number of nitrogens with zero attached hydrogens (tertiary/aromatic N) is 5. The minimum Gasteiger partial charge on any atom is -0.455 e. The van der Waals surface area contributed by atoms with Crippen LogP contribution < -0.4 is 4.90 Å². The lowest BCUT2D eigenvalue weighted by Gasteiger charge is -2.30. The Morgan fingerprint density at radius 1 is 0.915 bits per heavy atom. The number of allylic oxidation sites excluding steroid dienone is 3. The van der Waals surface area contributed by atoms with Gasteiger partial charge in [0.05, 0.1) is 33.9 Å². The molecule has 0 saturated heterocycles. The average Bonchev–Trinajstić information content (AvgIpc) is 3.75. The zero-order valence-corrected chi connectivity index (χ0v) is 26.4. The second kappa shape index (κ2) is 10.5. The molecule has 0 bridgehead atoms. The van der Waals surface area contributed by atoms with Crippen molar-refractivity contribution < 1.29 is 4.42 Å². The van der Waals surface area contributed by atoms with Gasteiger partial charge in [-0.15, -0.1) is 13.2 Å². The second-order valence-corrected chi connectivity index (χ2v) is 12.8. The number of aromatic nitrogens is 2. The Morgan fingerprint density at radius 2 is 1.79 bits per heavy atom. The number of anilines is 1. The smallest absolute Gasteiger partial charge is 0.145 e. The van der Waals surface area contributed by atoms with Gasteiger partial charge in [0.2, 0.25) is 0 Å². The van der Waals surface area contributed by atoms with Crippen molar-refractivity contribution in [3.63, 3.8) is 0 Å². The molecule has 2 atom stereocenters. The first-order chi connectivity index (χ1) is 23.1. The molecule has 6 nitrogen and oxygen atoms in total. The fourth-order valence-electron chi connectivity index (χ4n) is 7.95. The number of rotatable bonds is 6. The molecule has 9 rings (SSSR count). The van der Waals surface area contributed by atoms with Gasteiger partial charge in [-0.1, -0.05) is 54.6 Å². The second-order valence-electron chi connectivity index (χ2n) is 12.8. The summed E-state index contributed by atoms with van der Waals surface area (Å²) in [7, 11) is 2.11. The number of likely N-dealkylation sites (N-methyl/N-ethyl adjacent to an activating group) is 1. The molecule has 0 saturated carbocycles. The number of benzene rings is 3. The third kappa shape index (κ3) is 3.97. The molecule has 6 aromatic rings. The number of fused-ring (bicyclic) bond motifs is 10. The number of para-hydroxylation sites is 1. The van der Waals surface area contributed by atoms with Gasteiger partial charge >= 0.3 is 0 Å². The summed E-state index contributed by atoms with van der Waals surface area (Å²) in [5, 5.41) is 4.46. The third-order valence-corrected chi connectivity index (χ3v) is 10.1. The van der Waals surface area contributed by atoms with Gasteiger partial charge in [-0.25, -0.2) is 4.98 Å². The van der Waals surface area contributed by atoms with Gasteiger partial charge in [0.1, 0.15) is 22.5 Å². The average molecular weight is 614 g/mol. The number of dihydropyridines is 1. The highest BCUT2D eigenvalue weighted by molar-refractivity contribution is 6.24. The molecular weight excluding hydrogens is 578 g/mol. The molecule has 47 heavy (non-hydrogen) atoms. The lowest BCUT2D eigenvalue weighted by molar-refractivity contribution is 0.466. The molecule has 3 aliphatic rings. The van der Waals surface area contributed by atoms with Crippen molar-refractivity contribution in [2.45, 2.75) is 24.4 Å². The Bertz CT molecular complexity index is 2400. The van der Waals surface area contributed by atoms with Crippen molar-refractivity contribution in [2.75, 3.05) is 25.0 Å². The van der Waals surface area contributed by atoms with Crippen molar-refractivity contribution in [2.24, 2.45) is 4.99 Å². The van der Waals surface area contributed by atoms with Gasteiger partial charge in [0.25, 0.3) is 0 Å². The first kappa shape index (κ1) is 27.7. The first-order valence-electron chi connectivity index (χ1n) is 16.3. The normalized spacial score (nSPS) is 19.4. The van der Waals surface area contributed by atoms with E-state index in [1.807, 2.05) is 24.4 Å². The fourth-order valence-corrected chi connectivity index (χ4v) is 7.95. The van der Waals surface area contributed by atoms with E-state index in [9.17, 15) is 0 Å². The maximum Gasteiger partial charge on any atom is 0.145 e. The van der Waals surface area contributed by atoms with Gasteiger partial charge in [-0.3, -0.25) is 9.56 Å². The van der Waals surface area contributed by atoms with Crippen molar-refractivity contribution in [1.82, 2.24) is 14.5 Å². The van der Waals surface area contributed by atoms with Crippen LogP contribution in [0.4, 0.5) is 5.69 Å². The predicted molar refractivity (Wildman–Crippen MR) is 196 cm³/mol. The predicted octanol–water partition coefficient (Wildman–Crippen LogP) is 9.10. The lowest BCUT2D eigenvalue weighted by Crippen LogP contribution is -2.38.